The summed E-state index contributed by atoms with van der Waals surface area (Å²) in [6.07, 6.45) is 1.29. The summed E-state index contributed by atoms with van der Waals surface area (Å²) in [7, 11) is 4.17. The first-order chi connectivity index (χ1) is 11.0. The van der Waals surface area contributed by atoms with E-state index in [0.717, 1.165) is 31.7 Å². The Morgan fingerprint density at radius 3 is 2.83 bits per heavy atom. The van der Waals surface area contributed by atoms with Crippen LogP contribution in [0.3, 0.4) is 0 Å². The third kappa shape index (κ3) is 5.18. The number of carbonyl (C=O) groups excluding carboxylic acids is 1. The van der Waals surface area contributed by atoms with Crippen LogP contribution in [0.15, 0.2) is 23.0 Å². The summed E-state index contributed by atoms with van der Waals surface area (Å²) in [4.78, 5) is 28.4. The highest BCUT2D eigenvalue weighted by Crippen LogP contribution is 2.09. The third-order valence-corrected chi connectivity index (χ3v) is 4.55. The molecular weight excluding hydrogens is 292 g/mol. The van der Waals surface area contributed by atoms with Gasteiger partial charge >= 0.3 is 0 Å². The SMILES string of the molecule is Cc1cccc(=O)n1CCCNC(=O)C[C@@H]1CN(C)CCN1C. The first-order valence-electron chi connectivity index (χ1n) is 8.29. The largest absolute Gasteiger partial charge is 0.356 e. The quantitative estimate of drug-likeness (QED) is 0.766. The van der Waals surface area contributed by atoms with Crippen molar-refractivity contribution in [3.05, 3.63) is 34.2 Å². The predicted molar refractivity (Wildman–Crippen MR) is 91.6 cm³/mol. The maximum Gasteiger partial charge on any atom is 0.250 e. The van der Waals surface area contributed by atoms with Gasteiger partial charge in [-0.3, -0.25) is 9.59 Å². The minimum atomic E-state index is 0.0168. The van der Waals surface area contributed by atoms with Gasteiger partial charge in [0, 0.05) is 56.9 Å². The van der Waals surface area contributed by atoms with Crippen molar-refractivity contribution in [3.8, 4) is 0 Å². The van der Waals surface area contributed by atoms with E-state index in [1.54, 1.807) is 16.7 Å². The zero-order chi connectivity index (χ0) is 16.8. The number of aryl methyl sites for hydroxylation is 1. The lowest BCUT2D eigenvalue weighted by Gasteiger charge is -2.37. The molecule has 1 aromatic rings. The molecule has 0 radical (unpaired) electrons. The number of hydrogen-bond acceptors (Lipinski definition) is 4. The number of aromatic nitrogens is 1. The molecule has 128 valence electrons. The highest BCUT2D eigenvalue weighted by atomic mass is 16.1. The Morgan fingerprint density at radius 2 is 2.09 bits per heavy atom. The molecule has 1 fully saturated rings. The molecule has 0 aliphatic carbocycles. The van der Waals surface area contributed by atoms with E-state index in [9.17, 15) is 9.59 Å². The molecule has 1 aliphatic heterocycles. The number of hydrogen-bond donors (Lipinski definition) is 1. The molecule has 1 N–H and O–H groups in total. The van der Waals surface area contributed by atoms with Gasteiger partial charge in [0.15, 0.2) is 0 Å². The predicted octanol–water partition coefficient (Wildman–Crippen LogP) is 0.299. The van der Waals surface area contributed by atoms with Crippen molar-refractivity contribution in [1.82, 2.24) is 19.7 Å². The second-order valence-electron chi connectivity index (χ2n) is 6.46. The van der Waals surface area contributed by atoms with Gasteiger partial charge in [-0.1, -0.05) is 6.07 Å². The molecular formula is C17H28N4O2. The average molecular weight is 320 g/mol. The minimum Gasteiger partial charge on any atom is -0.356 e. The van der Waals surface area contributed by atoms with Gasteiger partial charge in [-0.05, 0) is 33.5 Å². The van der Waals surface area contributed by atoms with E-state index < -0.39 is 0 Å². The number of nitrogens with zero attached hydrogens (tertiary/aromatic N) is 3. The van der Waals surface area contributed by atoms with Gasteiger partial charge in [-0.15, -0.1) is 0 Å². The first-order valence-corrected chi connectivity index (χ1v) is 8.29. The van der Waals surface area contributed by atoms with Crippen LogP contribution >= 0.6 is 0 Å². The maximum absolute atomic E-state index is 12.1. The fourth-order valence-corrected chi connectivity index (χ4v) is 2.98. The van der Waals surface area contributed by atoms with Crippen molar-refractivity contribution < 1.29 is 4.79 Å². The van der Waals surface area contributed by atoms with Crippen LogP contribution in [0.5, 0.6) is 0 Å². The average Bonchev–Trinajstić information content (AvgIpc) is 2.50. The molecule has 2 rings (SSSR count). The molecule has 0 unspecified atom stereocenters. The molecule has 1 atom stereocenters. The van der Waals surface area contributed by atoms with E-state index in [4.69, 9.17) is 0 Å². The van der Waals surface area contributed by atoms with Crippen molar-refractivity contribution >= 4 is 5.91 Å². The van der Waals surface area contributed by atoms with E-state index >= 15 is 0 Å². The van der Waals surface area contributed by atoms with E-state index in [0.29, 0.717) is 19.5 Å². The second-order valence-corrected chi connectivity index (χ2v) is 6.46. The van der Waals surface area contributed by atoms with Gasteiger partial charge in [-0.2, -0.15) is 0 Å². The minimum absolute atomic E-state index is 0.0168. The zero-order valence-corrected chi connectivity index (χ0v) is 14.4. The Kier molecular flexibility index (Phi) is 6.36. The van der Waals surface area contributed by atoms with Crippen LogP contribution in [0.25, 0.3) is 0 Å². The first kappa shape index (κ1) is 17.7. The number of carbonyl (C=O) groups is 1. The van der Waals surface area contributed by atoms with Gasteiger partial charge in [0.25, 0.3) is 5.56 Å². The molecule has 0 spiro atoms. The number of pyridine rings is 1. The van der Waals surface area contributed by atoms with Crippen LogP contribution in [-0.2, 0) is 11.3 Å². The summed E-state index contributed by atoms with van der Waals surface area (Å²) in [5.74, 6) is 0.0919. The normalized spacial score (nSPS) is 19.7. The fraction of sp³-hybridized carbons (Fsp3) is 0.647. The number of piperazine rings is 1. The Hall–Kier alpha value is -1.66. The molecule has 6 nitrogen and oxygen atoms in total. The number of amides is 1. The Labute approximate surface area is 138 Å². The summed E-state index contributed by atoms with van der Waals surface area (Å²) < 4.78 is 1.75. The van der Waals surface area contributed by atoms with E-state index in [1.807, 2.05) is 13.0 Å². The summed E-state index contributed by atoms with van der Waals surface area (Å²) in [6.45, 7) is 6.16. The lowest BCUT2D eigenvalue weighted by Crippen LogP contribution is -2.51. The van der Waals surface area contributed by atoms with Gasteiger partial charge < -0.3 is 19.7 Å². The van der Waals surface area contributed by atoms with Crippen LogP contribution in [0.2, 0.25) is 0 Å². The molecule has 1 saturated heterocycles. The Bertz CT molecular complexity index is 584. The van der Waals surface area contributed by atoms with Crippen molar-refractivity contribution in [2.75, 3.05) is 40.3 Å². The van der Waals surface area contributed by atoms with E-state index in [1.165, 1.54) is 0 Å². The van der Waals surface area contributed by atoms with E-state index in [-0.39, 0.29) is 17.5 Å². The fourth-order valence-electron chi connectivity index (χ4n) is 2.98. The van der Waals surface area contributed by atoms with Gasteiger partial charge in [-0.25, -0.2) is 0 Å². The second kappa shape index (κ2) is 8.26. The van der Waals surface area contributed by atoms with Crippen LogP contribution < -0.4 is 10.9 Å². The molecule has 1 aromatic heterocycles. The number of likely N-dealkylation sites (N-methyl/N-ethyl adjacent to an activating group) is 2. The van der Waals surface area contributed by atoms with Crippen molar-refractivity contribution in [3.63, 3.8) is 0 Å². The van der Waals surface area contributed by atoms with Crippen molar-refractivity contribution in [1.29, 1.82) is 0 Å². The van der Waals surface area contributed by atoms with Gasteiger partial charge in [0.05, 0.1) is 0 Å². The Balaban J connectivity index is 1.72. The van der Waals surface area contributed by atoms with Crippen molar-refractivity contribution in [2.24, 2.45) is 0 Å². The van der Waals surface area contributed by atoms with E-state index in [2.05, 4.69) is 29.2 Å². The molecule has 23 heavy (non-hydrogen) atoms. The third-order valence-electron chi connectivity index (χ3n) is 4.55. The summed E-state index contributed by atoms with van der Waals surface area (Å²) in [5, 5.41) is 2.98. The molecule has 0 saturated carbocycles. The highest BCUT2D eigenvalue weighted by molar-refractivity contribution is 5.76. The molecule has 1 amide bonds. The summed E-state index contributed by atoms with van der Waals surface area (Å²) in [6, 6.07) is 5.55. The standard InChI is InChI=1S/C17H28N4O2/c1-14-6-4-7-17(23)21(14)9-5-8-18-16(22)12-15-13-19(2)10-11-20(15)3/h4,6-7,15H,5,8-13H2,1-3H3,(H,18,22)/t15-/m1/s1. The number of rotatable bonds is 6. The molecule has 0 aromatic carbocycles. The smallest absolute Gasteiger partial charge is 0.250 e. The monoisotopic (exact) mass is 320 g/mol. The topological polar surface area (TPSA) is 57.6 Å². The van der Waals surface area contributed by atoms with Crippen molar-refractivity contribution in [2.45, 2.75) is 32.4 Å². The molecule has 2 heterocycles. The lowest BCUT2D eigenvalue weighted by molar-refractivity contribution is -0.122. The van der Waals surface area contributed by atoms with Gasteiger partial charge in [0.2, 0.25) is 5.91 Å². The molecule has 1 aliphatic rings. The van der Waals surface area contributed by atoms with Crippen LogP contribution in [-0.4, -0.2) is 66.6 Å². The van der Waals surface area contributed by atoms with Crippen LogP contribution in [0, 0.1) is 6.92 Å². The zero-order valence-electron chi connectivity index (χ0n) is 14.4. The highest BCUT2D eigenvalue weighted by Gasteiger charge is 2.24. The van der Waals surface area contributed by atoms with Crippen LogP contribution in [0.1, 0.15) is 18.5 Å². The number of nitrogens with one attached hydrogen (secondary N) is 1. The maximum atomic E-state index is 12.1. The van der Waals surface area contributed by atoms with Crippen LogP contribution in [0.4, 0.5) is 0 Å². The van der Waals surface area contributed by atoms with Gasteiger partial charge in [0.1, 0.15) is 0 Å². The molecule has 6 heteroatoms. The lowest BCUT2D eigenvalue weighted by atomic mass is 10.1. The molecule has 0 bridgehead atoms. The Morgan fingerprint density at radius 1 is 1.30 bits per heavy atom. The summed E-state index contributed by atoms with van der Waals surface area (Å²) >= 11 is 0. The summed E-state index contributed by atoms with van der Waals surface area (Å²) in [5.41, 5.74) is 0.971.